The second kappa shape index (κ2) is 4.60. The number of rotatable bonds is 2. The van der Waals surface area contributed by atoms with E-state index in [-0.39, 0.29) is 16.9 Å². The fourth-order valence-electron chi connectivity index (χ4n) is 1.59. The first-order valence-electron chi connectivity index (χ1n) is 5.25. The molecule has 0 aliphatic carbocycles. The van der Waals surface area contributed by atoms with Crippen LogP contribution >= 0.6 is 0 Å². The van der Waals surface area contributed by atoms with Crippen molar-refractivity contribution in [3.63, 3.8) is 0 Å². The van der Waals surface area contributed by atoms with Crippen LogP contribution < -0.4 is 11.1 Å². The normalized spacial score (nSPS) is 10.4. The molecule has 0 saturated heterocycles. The van der Waals surface area contributed by atoms with Crippen molar-refractivity contribution in [3.05, 3.63) is 53.3 Å². The Balaban J connectivity index is 2.43. The van der Waals surface area contributed by atoms with Gasteiger partial charge in [-0.25, -0.2) is 13.2 Å². The second-order valence-corrected chi connectivity index (χ2v) is 3.90. The fourth-order valence-corrected chi connectivity index (χ4v) is 1.59. The smallest absolute Gasteiger partial charge is 0.151 e. The highest BCUT2D eigenvalue weighted by atomic mass is 19.1. The van der Waals surface area contributed by atoms with E-state index >= 15 is 0 Å². The molecule has 0 radical (unpaired) electrons. The van der Waals surface area contributed by atoms with Gasteiger partial charge in [0.05, 0.1) is 0 Å². The molecule has 0 unspecified atom stereocenters. The van der Waals surface area contributed by atoms with Crippen molar-refractivity contribution in [1.82, 2.24) is 0 Å². The number of nitrogens with one attached hydrogen (secondary N) is 1. The molecule has 18 heavy (non-hydrogen) atoms. The van der Waals surface area contributed by atoms with E-state index < -0.39 is 17.5 Å². The number of benzene rings is 2. The summed E-state index contributed by atoms with van der Waals surface area (Å²) in [5.41, 5.74) is 5.54. The summed E-state index contributed by atoms with van der Waals surface area (Å²) in [5, 5.41) is 2.53. The third-order valence-electron chi connectivity index (χ3n) is 2.59. The van der Waals surface area contributed by atoms with E-state index in [1.807, 2.05) is 0 Å². The number of hydrogen-bond acceptors (Lipinski definition) is 2. The van der Waals surface area contributed by atoms with E-state index in [0.717, 1.165) is 12.1 Å². The monoisotopic (exact) mass is 252 g/mol. The van der Waals surface area contributed by atoms with E-state index in [9.17, 15) is 13.2 Å². The van der Waals surface area contributed by atoms with Gasteiger partial charge in [-0.3, -0.25) is 0 Å². The molecule has 0 heterocycles. The Kier molecular flexibility index (Phi) is 3.14. The zero-order valence-corrected chi connectivity index (χ0v) is 9.60. The largest absolute Gasteiger partial charge is 0.399 e. The maximum atomic E-state index is 13.6. The quantitative estimate of drug-likeness (QED) is 0.799. The maximum Gasteiger partial charge on any atom is 0.151 e. The lowest BCUT2D eigenvalue weighted by Gasteiger charge is -2.12. The molecule has 0 amide bonds. The SMILES string of the molecule is Cc1c(F)cccc1Nc1c(F)cc(N)cc1F. The predicted molar refractivity (Wildman–Crippen MR) is 65.2 cm³/mol. The average molecular weight is 252 g/mol. The second-order valence-electron chi connectivity index (χ2n) is 3.90. The van der Waals surface area contributed by atoms with Crippen molar-refractivity contribution < 1.29 is 13.2 Å². The highest BCUT2D eigenvalue weighted by Gasteiger charge is 2.12. The fraction of sp³-hybridized carbons (Fsp3) is 0.0769. The summed E-state index contributed by atoms with van der Waals surface area (Å²) in [7, 11) is 0. The topological polar surface area (TPSA) is 38.0 Å². The standard InChI is InChI=1S/C13H11F3N2/c1-7-9(14)3-2-4-12(7)18-13-10(15)5-8(17)6-11(13)16/h2-6,18H,17H2,1H3. The molecule has 2 nitrogen and oxygen atoms in total. The van der Waals surface area contributed by atoms with Gasteiger partial charge < -0.3 is 11.1 Å². The molecule has 0 bridgehead atoms. The van der Waals surface area contributed by atoms with E-state index in [4.69, 9.17) is 5.73 Å². The van der Waals surface area contributed by atoms with Crippen LogP contribution in [0.1, 0.15) is 5.56 Å². The Labute approximate surface area is 102 Å². The number of nitrogen functional groups attached to an aromatic ring is 1. The number of hydrogen-bond donors (Lipinski definition) is 2. The zero-order chi connectivity index (χ0) is 13.3. The number of anilines is 3. The average Bonchev–Trinajstić information content (AvgIpc) is 2.28. The lowest BCUT2D eigenvalue weighted by Crippen LogP contribution is -2.01. The summed E-state index contributed by atoms with van der Waals surface area (Å²) >= 11 is 0. The van der Waals surface area contributed by atoms with Crippen LogP contribution in [0.2, 0.25) is 0 Å². The molecule has 5 heteroatoms. The molecule has 2 rings (SSSR count). The Morgan fingerprint density at radius 2 is 1.61 bits per heavy atom. The molecular formula is C13H11F3N2. The van der Waals surface area contributed by atoms with Crippen molar-refractivity contribution in [1.29, 1.82) is 0 Å². The van der Waals surface area contributed by atoms with E-state index in [0.29, 0.717) is 5.69 Å². The third kappa shape index (κ3) is 2.25. The molecule has 94 valence electrons. The van der Waals surface area contributed by atoms with Gasteiger partial charge in [-0.1, -0.05) is 6.07 Å². The summed E-state index contributed by atoms with van der Waals surface area (Å²) in [6.45, 7) is 1.52. The van der Waals surface area contributed by atoms with Gasteiger partial charge in [-0.2, -0.15) is 0 Å². The molecule has 0 fully saturated rings. The van der Waals surface area contributed by atoms with Gasteiger partial charge in [-0.05, 0) is 31.2 Å². The molecule has 0 aliphatic heterocycles. The van der Waals surface area contributed by atoms with E-state index in [2.05, 4.69) is 5.32 Å². The molecule has 0 spiro atoms. The minimum atomic E-state index is -0.823. The Hall–Kier alpha value is -2.17. The number of halogens is 3. The van der Waals surface area contributed by atoms with Gasteiger partial charge >= 0.3 is 0 Å². The predicted octanol–water partition coefficient (Wildman–Crippen LogP) is 3.74. The zero-order valence-electron chi connectivity index (χ0n) is 9.60. The van der Waals surface area contributed by atoms with Crippen LogP contribution in [0.5, 0.6) is 0 Å². The van der Waals surface area contributed by atoms with Crippen LogP contribution in [-0.2, 0) is 0 Å². The van der Waals surface area contributed by atoms with Gasteiger partial charge in [0.15, 0.2) is 11.6 Å². The van der Waals surface area contributed by atoms with Crippen LogP contribution in [-0.4, -0.2) is 0 Å². The van der Waals surface area contributed by atoms with Crippen molar-refractivity contribution in [2.45, 2.75) is 6.92 Å². The first-order valence-corrected chi connectivity index (χ1v) is 5.25. The van der Waals surface area contributed by atoms with Gasteiger partial charge in [-0.15, -0.1) is 0 Å². The maximum absolute atomic E-state index is 13.6. The summed E-state index contributed by atoms with van der Waals surface area (Å²) in [5.74, 6) is -2.09. The molecule has 0 aliphatic rings. The highest BCUT2D eigenvalue weighted by Crippen LogP contribution is 2.28. The highest BCUT2D eigenvalue weighted by molar-refractivity contribution is 5.66. The van der Waals surface area contributed by atoms with Crippen LogP contribution in [0, 0.1) is 24.4 Å². The summed E-state index contributed by atoms with van der Waals surface area (Å²) in [6, 6.07) is 6.27. The van der Waals surface area contributed by atoms with Crippen LogP contribution in [0.15, 0.2) is 30.3 Å². The molecule has 2 aromatic rings. The minimum Gasteiger partial charge on any atom is -0.399 e. The van der Waals surface area contributed by atoms with Crippen molar-refractivity contribution in [2.75, 3.05) is 11.1 Å². The molecular weight excluding hydrogens is 241 g/mol. The van der Waals surface area contributed by atoms with Crippen molar-refractivity contribution in [3.8, 4) is 0 Å². The third-order valence-corrected chi connectivity index (χ3v) is 2.59. The van der Waals surface area contributed by atoms with Crippen molar-refractivity contribution in [2.24, 2.45) is 0 Å². The van der Waals surface area contributed by atoms with Gasteiger partial charge in [0.25, 0.3) is 0 Å². The van der Waals surface area contributed by atoms with E-state index in [1.165, 1.54) is 25.1 Å². The molecule has 0 atom stereocenters. The van der Waals surface area contributed by atoms with Crippen LogP contribution in [0.25, 0.3) is 0 Å². The lowest BCUT2D eigenvalue weighted by atomic mass is 10.1. The van der Waals surface area contributed by atoms with Crippen molar-refractivity contribution >= 4 is 17.1 Å². The summed E-state index contributed by atoms with van der Waals surface area (Å²) in [6.07, 6.45) is 0. The summed E-state index contributed by atoms with van der Waals surface area (Å²) in [4.78, 5) is 0. The minimum absolute atomic E-state index is 0.00786. The summed E-state index contributed by atoms with van der Waals surface area (Å²) < 4.78 is 40.4. The van der Waals surface area contributed by atoms with Gasteiger partial charge in [0.2, 0.25) is 0 Å². The Morgan fingerprint density at radius 3 is 2.22 bits per heavy atom. The Morgan fingerprint density at radius 1 is 1.00 bits per heavy atom. The molecule has 0 saturated carbocycles. The molecule has 2 aromatic carbocycles. The van der Waals surface area contributed by atoms with E-state index in [1.54, 1.807) is 0 Å². The van der Waals surface area contributed by atoms with Gasteiger partial charge in [0.1, 0.15) is 11.5 Å². The van der Waals surface area contributed by atoms with Gasteiger partial charge in [0, 0.05) is 16.9 Å². The van der Waals surface area contributed by atoms with Crippen LogP contribution in [0.3, 0.4) is 0 Å². The Bertz CT molecular complexity index is 574. The van der Waals surface area contributed by atoms with Crippen LogP contribution in [0.4, 0.5) is 30.2 Å². The number of nitrogens with two attached hydrogens (primary N) is 1. The first-order chi connectivity index (χ1) is 8.49. The molecule has 0 aromatic heterocycles. The lowest BCUT2D eigenvalue weighted by molar-refractivity contribution is 0.591. The molecule has 3 N–H and O–H groups in total. The first kappa shape index (κ1) is 12.3.